The minimum atomic E-state index is -1.14. The summed E-state index contributed by atoms with van der Waals surface area (Å²) in [6, 6.07) is 6.78. The summed E-state index contributed by atoms with van der Waals surface area (Å²) in [7, 11) is 1.53. The van der Waals surface area contributed by atoms with Gasteiger partial charge in [0.25, 0.3) is 5.91 Å². The lowest BCUT2D eigenvalue weighted by atomic mass is 10.2. The molecule has 0 saturated carbocycles. The Morgan fingerprint density at radius 2 is 2.24 bits per heavy atom. The Hall–Kier alpha value is -2.90. The highest BCUT2D eigenvalue weighted by atomic mass is 16.5. The summed E-state index contributed by atoms with van der Waals surface area (Å²) in [5.41, 5.74) is 0.355. The molecule has 0 unspecified atom stereocenters. The molecule has 0 bridgehead atoms. The zero-order valence-corrected chi connectivity index (χ0v) is 11.3. The molecule has 1 heterocycles. The quantitative estimate of drug-likeness (QED) is 0.798. The first-order valence-corrected chi connectivity index (χ1v) is 6.16. The molecule has 0 aliphatic rings. The Kier molecular flexibility index (Phi) is 4.50. The number of carboxylic acids is 1. The molecule has 2 aromatic rings. The van der Waals surface area contributed by atoms with Gasteiger partial charge in [-0.1, -0.05) is 11.3 Å². The van der Waals surface area contributed by atoms with Crippen LogP contribution in [0.3, 0.4) is 0 Å². The minimum absolute atomic E-state index is 0.130. The number of hydrogen-bond donors (Lipinski definition) is 2. The maximum Gasteiger partial charge on any atom is 0.358 e. The molecule has 0 spiro atoms. The number of hydrogen-bond acceptors (Lipinski definition) is 5. The van der Waals surface area contributed by atoms with Crippen molar-refractivity contribution in [2.24, 2.45) is 0 Å². The molecule has 1 aromatic heterocycles. The first kappa shape index (κ1) is 14.5. The van der Waals surface area contributed by atoms with Gasteiger partial charge in [-0.2, -0.15) is 0 Å². The van der Waals surface area contributed by atoms with Gasteiger partial charge in [-0.05, 0) is 18.2 Å². The van der Waals surface area contributed by atoms with Crippen LogP contribution >= 0.6 is 0 Å². The lowest BCUT2D eigenvalue weighted by molar-refractivity contribution is 0.0690. The van der Waals surface area contributed by atoms with Crippen LogP contribution in [0, 0.1) is 0 Å². The third-order valence-electron chi connectivity index (χ3n) is 2.72. The van der Waals surface area contributed by atoms with Crippen LogP contribution in [0.2, 0.25) is 0 Å². The van der Waals surface area contributed by atoms with Crippen molar-refractivity contribution in [3.8, 4) is 5.75 Å². The molecule has 0 aliphatic carbocycles. The molecule has 0 saturated heterocycles. The predicted molar refractivity (Wildman–Crippen MR) is 72.3 cm³/mol. The normalized spacial score (nSPS) is 10.1. The number of carbonyl (C=O) groups excluding carboxylic acids is 1. The number of nitrogens with zero attached hydrogens (tertiary/aromatic N) is 3. The monoisotopic (exact) mass is 290 g/mol. The summed E-state index contributed by atoms with van der Waals surface area (Å²) in [5, 5.41) is 18.5. The van der Waals surface area contributed by atoms with Crippen LogP contribution in [0.1, 0.15) is 20.8 Å². The number of aromatic carboxylic acids is 1. The molecule has 110 valence electrons. The summed E-state index contributed by atoms with van der Waals surface area (Å²) >= 11 is 0. The van der Waals surface area contributed by atoms with Gasteiger partial charge >= 0.3 is 5.97 Å². The molecule has 21 heavy (non-hydrogen) atoms. The van der Waals surface area contributed by atoms with Gasteiger partial charge in [-0.25, -0.2) is 9.48 Å². The largest absolute Gasteiger partial charge is 0.497 e. The second kappa shape index (κ2) is 6.51. The Balaban J connectivity index is 1.87. The lowest BCUT2D eigenvalue weighted by Crippen LogP contribution is -2.27. The Labute approximate surface area is 120 Å². The Bertz CT molecular complexity index is 653. The molecular weight excluding hydrogens is 276 g/mol. The van der Waals surface area contributed by atoms with Crippen molar-refractivity contribution in [1.82, 2.24) is 20.3 Å². The summed E-state index contributed by atoms with van der Waals surface area (Å²) in [6.45, 7) is 0.633. The van der Waals surface area contributed by atoms with E-state index < -0.39 is 5.97 Å². The number of aromatic nitrogens is 3. The van der Waals surface area contributed by atoms with E-state index in [-0.39, 0.29) is 11.6 Å². The zero-order chi connectivity index (χ0) is 15.2. The standard InChI is InChI=1S/C13H14N4O4/c1-21-10-4-2-3-9(7-10)12(18)14-5-6-17-8-11(13(19)20)15-16-17/h2-4,7-8H,5-6H2,1H3,(H,14,18)(H,19,20). The molecule has 1 aromatic carbocycles. The SMILES string of the molecule is COc1cccc(C(=O)NCCn2cc(C(=O)O)nn2)c1. The molecule has 2 N–H and O–H groups in total. The maximum atomic E-state index is 11.9. The van der Waals surface area contributed by atoms with E-state index in [1.54, 1.807) is 24.3 Å². The summed E-state index contributed by atoms with van der Waals surface area (Å²) < 4.78 is 6.40. The summed E-state index contributed by atoms with van der Waals surface area (Å²) in [6.07, 6.45) is 1.31. The third kappa shape index (κ3) is 3.78. The van der Waals surface area contributed by atoms with E-state index in [1.165, 1.54) is 18.0 Å². The van der Waals surface area contributed by atoms with Crippen LogP contribution in [0.4, 0.5) is 0 Å². The molecule has 0 radical (unpaired) electrons. The van der Waals surface area contributed by atoms with Crippen LogP contribution in [0.15, 0.2) is 30.5 Å². The topological polar surface area (TPSA) is 106 Å². The van der Waals surface area contributed by atoms with Crippen molar-refractivity contribution >= 4 is 11.9 Å². The first-order chi connectivity index (χ1) is 10.1. The number of benzene rings is 1. The molecule has 0 atom stereocenters. The molecular formula is C13H14N4O4. The number of amides is 1. The fraction of sp³-hybridized carbons (Fsp3) is 0.231. The van der Waals surface area contributed by atoms with Gasteiger partial charge in [0.05, 0.1) is 19.9 Å². The minimum Gasteiger partial charge on any atom is -0.497 e. The predicted octanol–water partition coefficient (Wildman–Crippen LogP) is 0.415. The second-order valence-electron chi connectivity index (χ2n) is 4.16. The lowest BCUT2D eigenvalue weighted by Gasteiger charge is -2.06. The van der Waals surface area contributed by atoms with Crippen molar-refractivity contribution < 1.29 is 19.4 Å². The highest BCUT2D eigenvalue weighted by Gasteiger charge is 2.09. The fourth-order valence-corrected chi connectivity index (χ4v) is 1.66. The van der Waals surface area contributed by atoms with E-state index in [9.17, 15) is 9.59 Å². The van der Waals surface area contributed by atoms with Gasteiger partial charge in [0.15, 0.2) is 5.69 Å². The molecule has 1 amide bonds. The Morgan fingerprint density at radius 1 is 1.43 bits per heavy atom. The zero-order valence-electron chi connectivity index (χ0n) is 11.3. The average Bonchev–Trinajstić information content (AvgIpc) is 2.96. The molecule has 0 fully saturated rings. The van der Waals surface area contributed by atoms with E-state index in [1.807, 2.05) is 0 Å². The third-order valence-corrected chi connectivity index (χ3v) is 2.72. The summed E-state index contributed by atoms with van der Waals surface area (Å²) in [4.78, 5) is 22.6. The summed E-state index contributed by atoms with van der Waals surface area (Å²) in [5.74, 6) is -0.779. The fourth-order valence-electron chi connectivity index (χ4n) is 1.66. The van der Waals surface area contributed by atoms with Gasteiger partial charge < -0.3 is 15.2 Å². The molecule has 2 rings (SSSR count). The molecule has 8 nitrogen and oxygen atoms in total. The highest BCUT2D eigenvalue weighted by molar-refractivity contribution is 5.94. The van der Waals surface area contributed by atoms with Crippen molar-refractivity contribution in [3.63, 3.8) is 0 Å². The van der Waals surface area contributed by atoms with Crippen LogP contribution in [0.5, 0.6) is 5.75 Å². The smallest absolute Gasteiger partial charge is 0.358 e. The number of rotatable bonds is 6. The van der Waals surface area contributed by atoms with Crippen molar-refractivity contribution in [1.29, 1.82) is 0 Å². The number of nitrogens with one attached hydrogen (secondary N) is 1. The van der Waals surface area contributed by atoms with Gasteiger partial charge in [0, 0.05) is 12.1 Å². The first-order valence-electron chi connectivity index (χ1n) is 6.16. The highest BCUT2D eigenvalue weighted by Crippen LogP contribution is 2.12. The number of carboxylic acid groups (broad SMARTS) is 1. The molecule has 0 aliphatic heterocycles. The van der Waals surface area contributed by atoms with Crippen LogP contribution in [-0.4, -0.2) is 45.6 Å². The number of carbonyl (C=O) groups is 2. The van der Waals surface area contributed by atoms with E-state index in [4.69, 9.17) is 9.84 Å². The molecule has 8 heteroatoms. The van der Waals surface area contributed by atoms with Crippen molar-refractivity contribution in [2.45, 2.75) is 6.54 Å². The number of methoxy groups -OCH3 is 1. The van der Waals surface area contributed by atoms with E-state index in [2.05, 4.69) is 15.6 Å². The van der Waals surface area contributed by atoms with E-state index >= 15 is 0 Å². The van der Waals surface area contributed by atoms with E-state index in [0.29, 0.717) is 24.4 Å². The van der Waals surface area contributed by atoms with Crippen LogP contribution in [-0.2, 0) is 6.54 Å². The van der Waals surface area contributed by atoms with Crippen LogP contribution < -0.4 is 10.1 Å². The van der Waals surface area contributed by atoms with Gasteiger partial charge in [-0.15, -0.1) is 5.10 Å². The van der Waals surface area contributed by atoms with Gasteiger partial charge in [0.2, 0.25) is 0 Å². The Morgan fingerprint density at radius 3 is 2.90 bits per heavy atom. The van der Waals surface area contributed by atoms with Gasteiger partial charge in [0.1, 0.15) is 5.75 Å². The average molecular weight is 290 g/mol. The van der Waals surface area contributed by atoms with Crippen molar-refractivity contribution in [3.05, 3.63) is 41.7 Å². The van der Waals surface area contributed by atoms with Crippen molar-refractivity contribution in [2.75, 3.05) is 13.7 Å². The van der Waals surface area contributed by atoms with Crippen LogP contribution in [0.25, 0.3) is 0 Å². The van der Waals surface area contributed by atoms with Gasteiger partial charge in [-0.3, -0.25) is 4.79 Å². The second-order valence-corrected chi connectivity index (χ2v) is 4.16. The van der Waals surface area contributed by atoms with E-state index in [0.717, 1.165) is 0 Å². The maximum absolute atomic E-state index is 11.9. The number of ether oxygens (including phenoxy) is 1.